The number of ether oxygens (including phenoxy) is 1. The molecule has 1 N–H and O–H groups in total. The Labute approximate surface area is 146 Å². The van der Waals surface area contributed by atoms with Crippen molar-refractivity contribution in [1.82, 2.24) is 0 Å². The number of anilines is 1. The van der Waals surface area contributed by atoms with Crippen molar-refractivity contribution in [3.63, 3.8) is 0 Å². The number of halogens is 2. The summed E-state index contributed by atoms with van der Waals surface area (Å²) in [6.45, 7) is 0. The molecule has 3 atom stereocenters. The number of methoxy groups -OCH3 is 1. The Morgan fingerprint density at radius 1 is 1.09 bits per heavy atom. The minimum atomic E-state index is 0.0694. The number of hydrogen-bond donors (Lipinski definition) is 1. The van der Waals surface area contributed by atoms with Gasteiger partial charge in [0.25, 0.3) is 0 Å². The zero-order valence-corrected chi connectivity index (χ0v) is 14.2. The first-order valence-corrected chi connectivity index (χ1v) is 8.50. The van der Waals surface area contributed by atoms with Gasteiger partial charge >= 0.3 is 0 Å². The van der Waals surface area contributed by atoms with Gasteiger partial charge in [-0.25, -0.2) is 0 Å². The highest BCUT2D eigenvalue weighted by molar-refractivity contribution is 6.36. The van der Waals surface area contributed by atoms with Gasteiger partial charge in [0.15, 0.2) is 0 Å². The molecule has 2 aromatic carbocycles. The molecule has 118 valence electrons. The molecule has 0 spiro atoms. The first-order chi connectivity index (χ1) is 11.2. The van der Waals surface area contributed by atoms with Gasteiger partial charge in [-0.3, -0.25) is 0 Å². The molecule has 0 bridgehead atoms. The molecule has 0 amide bonds. The number of benzene rings is 2. The predicted octanol–water partition coefficient (Wildman–Crippen LogP) is 5.83. The summed E-state index contributed by atoms with van der Waals surface area (Å²) in [4.78, 5) is 0. The number of rotatable bonds is 2. The fraction of sp³-hybridized carbons (Fsp3) is 0.263. The Morgan fingerprint density at radius 3 is 2.57 bits per heavy atom. The largest absolute Gasteiger partial charge is 0.495 e. The van der Waals surface area contributed by atoms with E-state index in [1.807, 2.05) is 30.3 Å². The lowest BCUT2D eigenvalue weighted by atomic mass is 9.77. The zero-order valence-electron chi connectivity index (χ0n) is 12.7. The fourth-order valence-corrected chi connectivity index (χ4v) is 4.49. The third-order valence-corrected chi connectivity index (χ3v) is 5.55. The summed E-state index contributed by atoms with van der Waals surface area (Å²) in [5.41, 5.74) is 3.30. The first kappa shape index (κ1) is 14.9. The lowest BCUT2D eigenvalue weighted by Crippen LogP contribution is -2.29. The van der Waals surface area contributed by atoms with Gasteiger partial charge in [0, 0.05) is 21.5 Å². The molecule has 0 fully saturated rings. The van der Waals surface area contributed by atoms with Gasteiger partial charge in [-0.1, -0.05) is 53.6 Å². The molecule has 4 heteroatoms. The third-order valence-electron chi connectivity index (χ3n) is 4.89. The Bertz CT molecular complexity index is 767. The molecule has 0 saturated carbocycles. The molecular formula is C19H17Cl2NO. The number of fused-ring (bicyclic) bond motifs is 3. The minimum absolute atomic E-state index is 0.0694. The maximum absolute atomic E-state index is 6.48. The van der Waals surface area contributed by atoms with Crippen molar-refractivity contribution in [1.29, 1.82) is 0 Å². The molecule has 0 saturated heterocycles. The maximum atomic E-state index is 6.48. The van der Waals surface area contributed by atoms with E-state index < -0.39 is 0 Å². The number of nitrogens with one attached hydrogen (secondary N) is 1. The van der Waals surface area contributed by atoms with Crippen molar-refractivity contribution < 1.29 is 4.74 Å². The predicted molar refractivity (Wildman–Crippen MR) is 95.8 cm³/mol. The zero-order chi connectivity index (χ0) is 16.0. The summed E-state index contributed by atoms with van der Waals surface area (Å²) in [6, 6.07) is 12.0. The normalized spacial score (nSPS) is 24.7. The molecule has 2 aliphatic rings. The summed E-state index contributed by atoms with van der Waals surface area (Å²) in [5, 5.41) is 5.07. The Hall–Kier alpha value is -1.64. The van der Waals surface area contributed by atoms with Crippen molar-refractivity contribution in [3.8, 4) is 5.75 Å². The van der Waals surface area contributed by atoms with Gasteiger partial charge in [0.05, 0.1) is 18.8 Å². The highest BCUT2D eigenvalue weighted by atomic mass is 35.5. The second-order valence-electron chi connectivity index (χ2n) is 6.04. The monoisotopic (exact) mass is 345 g/mol. The van der Waals surface area contributed by atoms with Gasteiger partial charge in [0.1, 0.15) is 5.75 Å². The van der Waals surface area contributed by atoms with Gasteiger partial charge in [-0.2, -0.15) is 0 Å². The molecule has 1 aliphatic carbocycles. The average Bonchev–Trinajstić information content (AvgIpc) is 3.04. The molecule has 0 radical (unpaired) electrons. The third kappa shape index (κ3) is 2.32. The van der Waals surface area contributed by atoms with Crippen molar-refractivity contribution in [2.75, 3.05) is 12.4 Å². The minimum Gasteiger partial charge on any atom is -0.495 e. The van der Waals surface area contributed by atoms with E-state index in [1.165, 1.54) is 5.56 Å². The maximum Gasteiger partial charge on any atom is 0.142 e. The van der Waals surface area contributed by atoms with Gasteiger partial charge in [0.2, 0.25) is 0 Å². The molecule has 0 aromatic heterocycles. The summed E-state index contributed by atoms with van der Waals surface area (Å²) in [6.07, 6.45) is 5.56. The highest BCUT2D eigenvalue weighted by Gasteiger charge is 2.40. The molecule has 2 nitrogen and oxygen atoms in total. The molecule has 1 heterocycles. The van der Waals surface area contributed by atoms with Crippen LogP contribution in [0.2, 0.25) is 10.0 Å². The van der Waals surface area contributed by atoms with Crippen molar-refractivity contribution in [3.05, 3.63) is 69.7 Å². The van der Waals surface area contributed by atoms with Crippen molar-refractivity contribution in [2.45, 2.75) is 18.4 Å². The quantitative estimate of drug-likeness (QED) is 0.691. The van der Waals surface area contributed by atoms with Crippen molar-refractivity contribution in [2.24, 2.45) is 5.92 Å². The Balaban J connectivity index is 1.87. The van der Waals surface area contributed by atoms with E-state index in [4.69, 9.17) is 27.9 Å². The van der Waals surface area contributed by atoms with E-state index in [9.17, 15) is 0 Å². The van der Waals surface area contributed by atoms with Crippen LogP contribution in [0.15, 0.2) is 48.6 Å². The fourth-order valence-electron chi connectivity index (χ4n) is 3.86. The van der Waals surface area contributed by atoms with Crippen LogP contribution in [0.5, 0.6) is 5.75 Å². The number of hydrogen-bond acceptors (Lipinski definition) is 2. The summed E-state index contributed by atoms with van der Waals surface area (Å²) >= 11 is 13.0. The van der Waals surface area contributed by atoms with E-state index in [1.54, 1.807) is 7.11 Å². The molecule has 1 aliphatic heterocycles. The second kappa shape index (κ2) is 5.77. The topological polar surface area (TPSA) is 21.3 Å². The highest BCUT2D eigenvalue weighted by Crippen LogP contribution is 2.53. The van der Waals surface area contributed by atoms with E-state index in [-0.39, 0.29) is 6.04 Å². The summed E-state index contributed by atoms with van der Waals surface area (Å²) < 4.78 is 5.55. The molecular weight excluding hydrogens is 329 g/mol. The lowest BCUT2D eigenvalue weighted by Gasteiger charge is -2.38. The van der Waals surface area contributed by atoms with Gasteiger partial charge in [-0.15, -0.1) is 0 Å². The van der Waals surface area contributed by atoms with Crippen LogP contribution >= 0.6 is 23.2 Å². The molecule has 23 heavy (non-hydrogen) atoms. The van der Waals surface area contributed by atoms with Crippen LogP contribution in [0.25, 0.3) is 0 Å². The number of allylic oxidation sites excluding steroid dienone is 2. The molecule has 4 rings (SSSR count). The average molecular weight is 346 g/mol. The standard InChI is InChI=1S/C19H17Cl2NO/c1-23-16-10-3-7-12-11-5-2-6-13(11)19(22-18(12)16)17-14(20)8-4-9-15(17)21/h2-5,7-11,13,19,22H,6H2,1H3. The molecule has 3 unspecified atom stereocenters. The van der Waals surface area contributed by atoms with E-state index in [0.717, 1.165) is 23.4 Å². The summed E-state index contributed by atoms with van der Waals surface area (Å²) in [7, 11) is 1.70. The Kier molecular flexibility index (Phi) is 3.74. The van der Waals surface area contributed by atoms with Crippen LogP contribution in [0.3, 0.4) is 0 Å². The van der Waals surface area contributed by atoms with Gasteiger partial charge < -0.3 is 10.1 Å². The van der Waals surface area contributed by atoms with Crippen molar-refractivity contribution >= 4 is 28.9 Å². The number of para-hydroxylation sites is 1. The van der Waals surface area contributed by atoms with Crippen LogP contribution in [0.1, 0.15) is 29.5 Å². The van der Waals surface area contributed by atoms with Crippen LogP contribution in [0.4, 0.5) is 5.69 Å². The van der Waals surface area contributed by atoms with Gasteiger partial charge in [-0.05, 0) is 36.1 Å². The summed E-state index contributed by atoms with van der Waals surface area (Å²) in [5.74, 6) is 1.63. The van der Waals surface area contributed by atoms with Crippen LogP contribution < -0.4 is 10.1 Å². The SMILES string of the molecule is COc1cccc2c1NC(c1c(Cl)cccc1Cl)C1CC=CC21. The van der Waals surface area contributed by atoms with E-state index in [0.29, 0.717) is 21.9 Å². The van der Waals surface area contributed by atoms with Crippen LogP contribution in [0, 0.1) is 5.92 Å². The Morgan fingerprint density at radius 2 is 1.83 bits per heavy atom. The van der Waals surface area contributed by atoms with Crippen LogP contribution in [-0.2, 0) is 0 Å². The van der Waals surface area contributed by atoms with Crippen LogP contribution in [-0.4, -0.2) is 7.11 Å². The smallest absolute Gasteiger partial charge is 0.142 e. The lowest BCUT2D eigenvalue weighted by molar-refractivity contribution is 0.397. The van der Waals surface area contributed by atoms with E-state index in [2.05, 4.69) is 23.5 Å². The van der Waals surface area contributed by atoms with E-state index >= 15 is 0 Å². The molecule has 2 aromatic rings. The first-order valence-electron chi connectivity index (χ1n) is 7.74. The second-order valence-corrected chi connectivity index (χ2v) is 6.85.